The molecule has 0 aromatic carbocycles. The molecule has 1 aromatic rings. The Hall–Kier alpha value is -1.63. The molecule has 1 aromatic heterocycles. The molecule has 0 fully saturated rings. The van der Waals surface area contributed by atoms with E-state index in [9.17, 15) is 13.2 Å². The minimum Gasteiger partial charge on any atom is -0.345 e. The molecule has 0 bridgehead atoms. The van der Waals surface area contributed by atoms with Crippen LogP contribution in [0.5, 0.6) is 0 Å². The number of hydrogen-bond acceptors (Lipinski definition) is 4. The second-order valence-corrected chi connectivity index (χ2v) is 5.58. The van der Waals surface area contributed by atoms with E-state index < -0.39 is 15.9 Å². The highest BCUT2D eigenvalue weighted by Gasteiger charge is 2.24. The van der Waals surface area contributed by atoms with E-state index in [4.69, 9.17) is 0 Å². The lowest BCUT2D eigenvalue weighted by molar-refractivity contribution is 0.0947. The van der Waals surface area contributed by atoms with Crippen LogP contribution in [-0.2, 0) is 9.84 Å². The molecule has 0 spiro atoms. The summed E-state index contributed by atoms with van der Waals surface area (Å²) in [6, 6.07) is -0.452. The third-order valence-electron chi connectivity index (χ3n) is 2.32. The minimum absolute atomic E-state index is 0.0738. The number of aromatic amines is 1. The number of aryl methyl sites for hydroxylation is 1. The number of rotatable bonds is 2. The highest BCUT2D eigenvalue weighted by atomic mass is 32.2. The van der Waals surface area contributed by atoms with Gasteiger partial charge >= 0.3 is 0 Å². The number of carbonyl (C=O) groups is 1. The maximum Gasteiger partial charge on any atom is 0.255 e. The second-order valence-electron chi connectivity index (χ2n) is 3.65. The number of hydrogen-bond donors (Lipinski definition) is 2. The molecule has 0 saturated heterocycles. The van der Waals surface area contributed by atoms with E-state index in [1.54, 1.807) is 6.92 Å². The molecular weight excluding hydrogens is 230 g/mol. The van der Waals surface area contributed by atoms with Gasteiger partial charge in [0.2, 0.25) is 0 Å². The van der Waals surface area contributed by atoms with E-state index in [0.29, 0.717) is 11.3 Å². The monoisotopic (exact) mass is 241 g/mol. The average Bonchev–Trinajstić information content (AvgIpc) is 2.72. The van der Waals surface area contributed by atoms with Crippen molar-refractivity contribution in [1.29, 1.82) is 0 Å². The van der Waals surface area contributed by atoms with Gasteiger partial charge in [-0.2, -0.15) is 5.10 Å². The van der Waals surface area contributed by atoms with Crippen molar-refractivity contribution in [3.63, 3.8) is 0 Å². The average molecular weight is 241 g/mol. The summed E-state index contributed by atoms with van der Waals surface area (Å²) in [5.74, 6) is -0.395. The minimum atomic E-state index is -3.14. The zero-order valence-corrected chi connectivity index (χ0v) is 9.41. The van der Waals surface area contributed by atoms with Gasteiger partial charge in [0.25, 0.3) is 5.91 Å². The van der Waals surface area contributed by atoms with Crippen LogP contribution < -0.4 is 5.32 Å². The van der Waals surface area contributed by atoms with E-state index >= 15 is 0 Å². The van der Waals surface area contributed by atoms with Gasteiger partial charge in [0.05, 0.1) is 23.6 Å². The topological polar surface area (TPSA) is 91.9 Å². The maximum absolute atomic E-state index is 11.7. The second kappa shape index (κ2) is 3.75. The summed E-state index contributed by atoms with van der Waals surface area (Å²) in [5.41, 5.74) is 1.08. The van der Waals surface area contributed by atoms with Crippen LogP contribution in [0.4, 0.5) is 0 Å². The number of carbonyl (C=O) groups excluding carboxylic acids is 1. The molecule has 0 radical (unpaired) electrons. The van der Waals surface area contributed by atoms with Gasteiger partial charge in [0.1, 0.15) is 0 Å². The normalized spacial score (nSPS) is 22.2. The van der Waals surface area contributed by atoms with Gasteiger partial charge in [-0.25, -0.2) is 8.42 Å². The van der Waals surface area contributed by atoms with Gasteiger partial charge in [-0.1, -0.05) is 0 Å². The molecule has 1 amide bonds. The molecule has 2 heterocycles. The Bertz CT molecular complexity index is 544. The van der Waals surface area contributed by atoms with E-state index in [2.05, 4.69) is 15.5 Å². The Morgan fingerprint density at radius 2 is 2.38 bits per heavy atom. The maximum atomic E-state index is 11.7. The number of aromatic nitrogens is 2. The first-order valence-electron chi connectivity index (χ1n) is 4.70. The van der Waals surface area contributed by atoms with Gasteiger partial charge < -0.3 is 5.32 Å². The molecule has 0 saturated carbocycles. The molecule has 16 heavy (non-hydrogen) atoms. The summed E-state index contributed by atoms with van der Waals surface area (Å²) in [7, 11) is -3.14. The molecular formula is C9H11N3O3S. The van der Waals surface area contributed by atoms with Crippen LogP contribution in [0.15, 0.2) is 17.7 Å². The number of H-pyrrole nitrogens is 1. The van der Waals surface area contributed by atoms with Crippen LogP contribution in [-0.4, -0.2) is 36.3 Å². The summed E-state index contributed by atoms with van der Waals surface area (Å²) in [4.78, 5) is 11.7. The Balaban J connectivity index is 2.05. The van der Waals surface area contributed by atoms with Crippen molar-refractivity contribution in [2.45, 2.75) is 13.0 Å². The zero-order valence-electron chi connectivity index (χ0n) is 8.60. The lowest BCUT2D eigenvalue weighted by atomic mass is 10.2. The van der Waals surface area contributed by atoms with Crippen LogP contribution in [0, 0.1) is 6.92 Å². The molecule has 7 heteroatoms. The smallest absolute Gasteiger partial charge is 0.255 e. The Morgan fingerprint density at radius 3 is 2.88 bits per heavy atom. The van der Waals surface area contributed by atoms with E-state index in [1.807, 2.05) is 0 Å². The molecule has 1 atom stereocenters. The molecule has 0 aliphatic carbocycles. The molecule has 2 rings (SSSR count). The van der Waals surface area contributed by atoms with Gasteiger partial charge in [-0.05, 0) is 13.0 Å². The number of amides is 1. The van der Waals surface area contributed by atoms with Crippen molar-refractivity contribution in [3.8, 4) is 0 Å². The summed E-state index contributed by atoms with van der Waals surface area (Å²) in [5, 5.41) is 10.1. The van der Waals surface area contributed by atoms with Gasteiger partial charge in [0.15, 0.2) is 9.84 Å². The van der Waals surface area contributed by atoms with Crippen LogP contribution in [0.2, 0.25) is 0 Å². The van der Waals surface area contributed by atoms with Crippen LogP contribution in [0.25, 0.3) is 0 Å². The van der Waals surface area contributed by atoms with Crippen LogP contribution in [0.3, 0.4) is 0 Å². The third kappa shape index (κ3) is 2.13. The number of nitrogens with one attached hydrogen (secondary N) is 2. The molecule has 1 aliphatic rings. The van der Waals surface area contributed by atoms with E-state index in [-0.39, 0.29) is 11.7 Å². The van der Waals surface area contributed by atoms with Crippen molar-refractivity contribution in [1.82, 2.24) is 15.5 Å². The molecule has 6 nitrogen and oxygen atoms in total. The first-order valence-corrected chi connectivity index (χ1v) is 6.41. The highest BCUT2D eigenvalue weighted by Crippen LogP contribution is 2.09. The largest absolute Gasteiger partial charge is 0.345 e. The summed E-state index contributed by atoms with van der Waals surface area (Å²) in [6.45, 7) is 1.73. The first-order chi connectivity index (χ1) is 7.48. The predicted octanol–water partition coefficient (Wildman–Crippen LogP) is -0.241. The Labute approximate surface area is 92.7 Å². The zero-order chi connectivity index (χ0) is 11.8. The van der Waals surface area contributed by atoms with Gasteiger partial charge in [-0.3, -0.25) is 9.89 Å². The molecule has 1 aliphatic heterocycles. The standard InChI is InChI=1S/C9H11N3O3S/c1-6-8(4-10-12-6)9(13)11-7-2-3-16(14,15)5-7/h2-4,7H,5H2,1H3,(H,10,12)(H,11,13). The SMILES string of the molecule is Cc1[nH]ncc1C(=O)NC1C=CS(=O)(=O)C1. The quantitative estimate of drug-likeness (QED) is 0.747. The molecule has 1 unspecified atom stereocenters. The van der Waals surface area contributed by atoms with Crippen molar-refractivity contribution in [2.75, 3.05) is 5.75 Å². The summed E-state index contributed by atoms with van der Waals surface area (Å²) < 4.78 is 22.2. The number of sulfone groups is 1. The fourth-order valence-electron chi connectivity index (χ4n) is 1.49. The van der Waals surface area contributed by atoms with Crippen molar-refractivity contribution in [3.05, 3.63) is 28.9 Å². The van der Waals surface area contributed by atoms with E-state index in [1.165, 1.54) is 12.3 Å². The van der Waals surface area contributed by atoms with Crippen molar-refractivity contribution in [2.24, 2.45) is 0 Å². The van der Waals surface area contributed by atoms with Crippen LogP contribution >= 0.6 is 0 Å². The summed E-state index contributed by atoms with van der Waals surface area (Å²) >= 11 is 0. The fourth-order valence-corrected chi connectivity index (χ4v) is 2.73. The molecule has 86 valence electrons. The highest BCUT2D eigenvalue weighted by molar-refractivity contribution is 7.94. The fraction of sp³-hybridized carbons (Fsp3) is 0.333. The third-order valence-corrected chi connectivity index (χ3v) is 3.72. The first kappa shape index (κ1) is 10.9. The van der Waals surface area contributed by atoms with Crippen LogP contribution in [0.1, 0.15) is 16.1 Å². The van der Waals surface area contributed by atoms with Crippen molar-refractivity contribution >= 4 is 15.7 Å². The lowest BCUT2D eigenvalue weighted by Gasteiger charge is -2.08. The van der Waals surface area contributed by atoms with E-state index in [0.717, 1.165) is 5.41 Å². The van der Waals surface area contributed by atoms with Gasteiger partial charge in [0, 0.05) is 11.1 Å². The predicted molar refractivity (Wildman–Crippen MR) is 57.5 cm³/mol. The molecule has 2 N–H and O–H groups in total. The Morgan fingerprint density at radius 1 is 1.62 bits per heavy atom. The van der Waals surface area contributed by atoms with Gasteiger partial charge in [-0.15, -0.1) is 0 Å². The Kier molecular flexibility index (Phi) is 2.55. The lowest BCUT2D eigenvalue weighted by Crippen LogP contribution is -2.35. The number of nitrogens with zero attached hydrogens (tertiary/aromatic N) is 1. The van der Waals surface area contributed by atoms with Crippen molar-refractivity contribution < 1.29 is 13.2 Å². The summed E-state index contributed by atoms with van der Waals surface area (Å²) in [6.07, 6.45) is 2.89.